The maximum absolute atomic E-state index is 13.3. The highest BCUT2D eigenvalue weighted by molar-refractivity contribution is 7.99. The number of amides is 2. The maximum atomic E-state index is 13.3. The summed E-state index contributed by atoms with van der Waals surface area (Å²) in [5.41, 5.74) is 1.10. The van der Waals surface area contributed by atoms with Gasteiger partial charge in [0.2, 0.25) is 5.75 Å². The van der Waals surface area contributed by atoms with Gasteiger partial charge in [0.15, 0.2) is 16.7 Å². The Bertz CT molecular complexity index is 1190. The third-order valence-corrected chi connectivity index (χ3v) is 7.80. The van der Waals surface area contributed by atoms with Crippen molar-refractivity contribution in [3.63, 3.8) is 0 Å². The summed E-state index contributed by atoms with van der Waals surface area (Å²) in [6, 6.07) is 5.33. The molecule has 1 fully saturated rings. The molecule has 1 aromatic carbocycles. The van der Waals surface area contributed by atoms with Crippen molar-refractivity contribution in [2.45, 2.75) is 64.1 Å². The van der Waals surface area contributed by atoms with Crippen molar-refractivity contribution in [1.82, 2.24) is 25.1 Å². The lowest BCUT2D eigenvalue weighted by molar-refractivity contribution is 0.0147. The number of ether oxygens (including phenoxy) is 4. The van der Waals surface area contributed by atoms with Gasteiger partial charge >= 0.3 is 6.09 Å². The van der Waals surface area contributed by atoms with Gasteiger partial charge in [-0.2, -0.15) is 0 Å². The van der Waals surface area contributed by atoms with Crippen LogP contribution in [0.5, 0.6) is 17.2 Å². The molecule has 2 aromatic rings. The Morgan fingerprint density at radius 3 is 2.19 bits per heavy atom. The molecule has 0 spiro atoms. The van der Waals surface area contributed by atoms with Crippen molar-refractivity contribution < 1.29 is 28.5 Å². The minimum Gasteiger partial charge on any atom is -0.493 e. The number of nitrogens with zero attached hydrogens (tertiary/aromatic N) is 4. The second kappa shape index (κ2) is 16.6. The molecular formula is C31H47N5O6S. The lowest BCUT2D eigenvalue weighted by atomic mass is 10.1. The zero-order valence-electron chi connectivity index (χ0n) is 26.7. The lowest BCUT2D eigenvalue weighted by Crippen LogP contribution is -2.51. The van der Waals surface area contributed by atoms with Crippen LogP contribution in [0.3, 0.4) is 0 Å². The standard InChI is InChI=1S/C31H47N5O6S/c1-8-9-10-11-18-43-29-33-23(22-19-25(39-5)27(41-7)26(20-22)40-6)21-24(34-29)28(37)32-12-13-35-14-16-36(17-15-35)30(38)42-31(2,3)4/h19-21H,8-18H2,1-7H3,(H,32,37). The summed E-state index contributed by atoms with van der Waals surface area (Å²) in [6.45, 7) is 11.5. The van der Waals surface area contributed by atoms with E-state index in [9.17, 15) is 9.59 Å². The van der Waals surface area contributed by atoms with Crippen LogP contribution in [-0.4, -0.2) is 104 Å². The van der Waals surface area contributed by atoms with E-state index in [2.05, 4.69) is 22.1 Å². The Labute approximate surface area is 260 Å². The first-order valence-electron chi connectivity index (χ1n) is 14.9. The molecule has 0 radical (unpaired) electrons. The van der Waals surface area contributed by atoms with Crippen LogP contribution in [0.25, 0.3) is 11.3 Å². The van der Waals surface area contributed by atoms with Crippen LogP contribution in [-0.2, 0) is 4.74 Å². The predicted octanol–water partition coefficient (Wildman–Crippen LogP) is 5.12. The smallest absolute Gasteiger partial charge is 0.410 e. The number of rotatable bonds is 14. The Morgan fingerprint density at radius 1 is 0.930 bits per heavy atom. The second-order valence-electron chi connectivity index (χ2n) is 11.3. The molecule has 0 saturated carbocycles. The van der Waals surface area contributed by atoms with Gasteiger partial charge < -0.3 is 29.2 Å². The number of benzene rings is 1. The average molecular weight is 618 g/mol. The number of nitrogens with one attached hydrogen (secondary N) is 1. The number of thioether (sulfide) groups is 1. The monoisotopic (exact) mass is 617 g/mol. The Balaban J connectivity index is 1.69. The molecule has 43 heavy (non-hydrogen) atoms. The van der Waals surface area contributed by atoms with E-state index >= 15 is 0 Å². The predicted molar refractivity (Wildman–Crippen MR) is 169 cm³/mol. The number of hydrogen-bond acceptors (Lipinski definition) is 10. The highest BCUT2D eigenvalue weighted by Gasteiger charge is 2.26. The molecule has 1 N–H and O–H groups in total. The molecule has 0 atom stereocenters. The van der Waals surface area contributed by atoms with Gasteiger partial charge in [0.1, 0.15) is 11.3 Å². The Kier molecular flexibility index (Phi) is 13.2. The lowest BCUT2D eigenvalue weighted by Gasteiger charge is -2.35. The maximum Gasteiger partial charge on any atom is 0.410 e. The van der Waals surface area contributed by atoms with Gasteiger partial charge in [0.05, 0.1) is 27.0 Å². The summed E-state index contributed by atoms with van der Waals surface area (Å²) in [5.74, 6) is 2.09. The number of carbonyl (C=O) groups excluding carboxylic acids is 2. The summed E-state index contributed by atoms with van der Waals surface area (Å²) in [7, 11) is 4.69. The number of piperazine rings is 1. The fourth-order valence-corrected chi connectivity index (χ4v) is 5.43. The summed E-state index contributed by atoms with van der Waals surface area (Å²) in [5, 5.41) is 3.56. The van der Waals surface area contributed by atoms with E-state index in [1.165, 1.54) is 12.8 Å². The van der Waals surface area contributed by atoms with Crippen LogP contribution < -0.4 is 19.5 Å². The second-order valence-corrected chi connectivity index (χ2v) is 12.4. The van der Waals surface area contributed by atoms with Crippen LogP contribution in [0, 0.1) is 0 Å². The van der Waals surface area contributed by atoms with Gasteiger partial charge in [-0.3, -0.25) is 9.69 Å². The first-order chi connectivity index (χ1) is 20.6. The van der Waals surface area contributed by atoms with Crippen molar-refractivity contribution in [3.8, 4) is 28.5 Å². The molecule has 3 rings (SSSR count). The van der Waals surface area contributed by atoms with Gasteiger partial charge in [-0.1, -0.05) is 37.9 Å². The highest BCUT2D eigenvalue weighted by Crippen LogP contribution is 2.41. The van der Waals surface area contributed by atoms with E-state index in [1.54, 1.807) is 44.1 Å². The minimum atomic E-state index is -0.516. The molecule has 238 valence electrons. The summed E-state index contributed by atoms with van der Waals surface area (Å²) < 4.78 is 22.0. The summed E-state index contributed by atoms with van der Waals surface area (Å²) in [6.07, 6.45) is 4.28. The SMILES string of the molecule is CCCCCCSc1nc(C(=O)NCCN2CCN(C(=O)OC(C)(C)C)CC2)cc(-c2cc(OC)c(OC)c(OC)c2)n1. The van der Waals surface area contributed by atoms with Crippen LogP contribution in [0.4, 0.5) is 4.79 Å². The van der Waals surface area contributed by atoms with Gasteiger partial charge in [-0.15, -0.1) is 0 Å². The molecule has 0 aliphatic carbocycles. The van der Waals surface area contributed by atoms with Gasteiger partial charge in [-0.25, -0.2) is 14.8 Å². The molecule has 1 aliphatic rings. The van der Waals surface area contributed by atoms with E-state index in [0.29, 0.717) is 73.1 Å². The topological polar surface area (TPSA) is 115 Å². The number of aromatic nitrogens is 2. The van der Waals surface area contributed by atoms with Gasteiger partial charge in [-0.05, 0) is 45.4 Å². The van der Waals surface area contributed by atoms with E-state index in [0.717, 1.165) is 24.2 Å². The summed E-state index contributed by atoms with van der Waals surface area (Å²) >= 11 is 1.55. The first-order valence-corrected chi connectivity index (χ1v) is 15.9. The Morgan fingerprint density at radius 2 is 1.60 bits per heavy atom. The largest absolute Gasteiger partial charge is 0.493 e. The molecule has 2 amide bonds. The van der Waals surface area contributed by atoms with Crippen LogP contribution in [0.15, 0.2) is 23.4 Å². The van der Waals surface area contributed by atoms with E-state index in [4.69, 9.17) is 23.9 Å². The zero-order valence-corrected chi connectivity index (χ0v) is 27.5. The third-order valence-electron chi connectivity index (χ3n) is 6.87. The van der Waals surface area contributed by atoms with Crippen LogP contribution in [0.1, 0.15) is 63.9 Å². The van der Waals surface area contributed by atoms with E-state index in [-0.39, 0.29) is 12.0 Å². The average Bonchev–Trinajstić information content (AvgIpc) is 2.99. The van der Waals surface area contributed by atoms with Crippen molar-refractivity contribution in [2.75, 3.05) is 66.4 Å². The van der Waals surface area contributed by atoms with E-state index < -0.39 is 5.60 Å². The summed E-state index contributed by atoms with van der Waals surface area (Å²) in [4.78, 5) is 39.0. The first kappa shape index (κ1) is 34.2. The number of carbonyl (C=O) groups is 2. The quantitative estimate of drug-likeness (QED) is 0.174. The fraction of sp³-hybridized carbons (Fsp3) is 0.613. The molecule has 0 unspecified atom stereocenters. The number of hydrogen-bond donors (Lipinski definition) is 1. The minimum absolute atomic E-state index is 0.267. The number of unbranched alkanes of at least 4 members (excludes halogenated alkanes) is 3. The number of methoxy groups -OCH3 is 3. The van der Waals surface area contributed by atoms with Crippen LogP contribution in [0.2, 0.25) is 0 Å². The molecular weight excluding hydrogens is 570 g/mol. The van der Waals surface area contributed by atoms with Crippen molar-refractivity contribution in [1.29, 1.82) is 0 Å². The molecule has 1 aromatic heterocycles. The van der Waals surface area contributed by atoms with Gasteiger partial charge in [0.25, 0.3) is 5.91 Å². The molecule has 2 heterocycles. The molecule has 1 aliphatic heterocycles. The van der Waals surface area contributed by atoms with Crippen molar-refractivity contribution >= 4 is 23.8 Å². The fourth-order valence-electron chi connectivity index (χ4n) is 4.57. The van der Waals surface area contributed by atoms with E-state index in [1.807, 2.05) is 32.9 Å². The molecule has 12 heteroatoms. The normalized spacial score (nSPS) is 13.9. The van der Waals surface area contributed by atoms with Crippen LogP contribution >= 0.6 is 11.8 Å². The highest BCUT2D eigenvalue weighted by atomic mass is 32.2. The third kappa shape index (κ3) is 10.5. The van der Waals surface area contributed by atoms with Gasteiger partial charge in [0, 0.05) is 50.6 Å². The van der Waals surface area contributed by atoms with Crippen molar-refractivity contribution in [2.24, 2.45) is 0 Å². The Hall–Kier alpha value is -3.25. The van der Waals surface area contributed by atoms with Crippen molar-refractivity contribution in [3.05, 3.63) is 23.9 Å². The molecule has 1 saturated heterocycles. The molecule has 0 bridgehead atoms. The zero-order chi connectivity index (χ0) is 31.4. The molecule has 11 nitrogen and oxygen atoms in total.